The number of ether oxygens (including phenoxy) is 1. The fourth-order valence-electron chi connectivity index (χ4n) is 3.06. The van der Waals surface area contributed by atoms with E-state index in [2.05, 4.69) is 11.4 Å². The molecule has 130 valence electrons. The molecule has 1 aliphatic carbocycles. The zero-order valence-corrected chi connectivity index (χ0v) is 14.2. The summed E-state index contributed by atoms with van der Waals surface area (Å²) < 4.78 is 5.92. The van der Waals surface area contributed by atoms with Gasteiger partial charge in [0.05, 0.1) is 0 Å². The molecule has 0 unspecified atom stereocenters. The van der Waals surface area contributed by atoms with Crippen LogP contribution in [0.5, 0.6) is 5.75 Å². The second-order valence-corrected chi connectivity index (χ2v) is 6.29. The van der Waals surface area contributed by atoms with E-state index in [0.717, 1.165) is 25.0 Å². The van der Waals surface area contributed by atoms with Crippen molar-refractivity contribution in [1.29, 1.82) is 0 Å². The molecule has 0 aromatic heterocycles. The number of nitrogens with one attached hydrogen (secondary N) is 1. The van der Waals surface area contributed by atoms with Crippen molar-refractivity contribution in [3.63, 3.8) is 0 Å². The van der Waals surface area contributed by atoms with Gasteiger partial charge in [0, 0.05) is 11.3 Å². The fraction of sp³-hybridized carbons (Fsp3) is 0.300. The molecule has 1 aliphatic rings. The molecule has 5 heteroatoms. The Labute approximate surface area is 147 Å². The molecule has 0 heterocycles. The number of benzene rings is 2. The summed E-state index contributed by atoms with van der Waals surface area (Å²) in [6.45, 7) is 1.73. The summed E-state index contributed by atoms with van der Waals surface area (Å²) in [6, 6.07) is 12.5. The van der Waals surface area contributed by atoms with Crippen LogP contribution in [0.1, 0.15) is 41.3 Å². The van der Waals surface area contributed by atoms with Crippen LogP contribution in [-0.4, -0.2) is 17.9 Å². The molecule has 25 heavy (non-hydrogen) atoms. The second-order valence-electron chi connectivity index (χ2n) is 6.29. The number of nitrogens with two attached hydrogens (primary N) is 1. The zero-order valence-electron chi connectivity index (χ0n) is 14.2. The van der Waals surface area contributed by atoms with Crippen molar-refractivity contribution in [2.75, 3.05) is 5.32 Å². The molecule has 0 spiro atoms. The Morgan fingerprint density at radius 3 is 2.52 bits per heavy atom. The predicted molar refractivity (Wildman–Crippen MR) is 96.8 cm³/mol. The van der Waals surface area contributed by atoms with Crippen molar-refractivity contribution in [2.24, 2.45) is 5.73 Å². The lowest BCUT2D eigenvalue weighted by molar-refractivity contribution is -0.122. The summed E-state index contributed by atoms with van der Waals surface area (Å²) in [6.07, 6.45) is 3.80. The Balaban J connectivity index is 1.66. The van der Waals surface area contributed by atoms with Crippen LogP contribution < -0.4 is 15.8 Å². The highest BCUT2D eigenvalue weighted by Gasteiger charge is 2.19. The Kier molecular flexibility index (Phi) is 5.03. The number of amides is 2. The van der Waals surface area contributed by atoms with E-state index in [9.17, 15) is 9.59 Å². The first kappa shape index (κ1) is 17.0. The predicted octanol–water partition coefficient (Wildman–Crippen LogP) is 3.07. The van der Waals surface area contributed by atoms with Crippen LogP contribution in [0.25, 0.3) is 0 Å². The molecule has 3 rings (SSSR count). The van der Waals surface area contributed by atoms with Crippen LogP contribution in [0, 0.1) is 0 Å². The number of rotatable bonds is 5. The maximum Gasteiger partial charge on any atom is 0.265 e. The topological polar surface area (TPSA) is 81.4 Å². The molecule has 0 radical (unpaired) electrons. The minimum absolute atomic E-state index is 0.236. The van der Waals surface area contributed by atoms with E-state index in [1.807, 2.05) is 12.1 Å². The number of anilines is 1. The van der Waals surface area contributed by atoms with Gasteiger partial charge in [-0.25, -0.2) is 0 Å². The molecule has 2 amide bonds. The van der Waals surface area contributed by atoms with Crippen LogP contribution >= 0.6 is 0 Å². The van der Waals surface area contributed by atoms with Crippen LogP contribution in [0.3, 0.4) is 0 Å². The third-order valence-electron chi connectivity index (χ3n) is 4.46. The van der Waals surface area contributed by atoms with E-state index in [-0.39, 0.29) is 5.91 Å². The summed E-state index contributed by atoms with van der Waals surface area (Å²) in [5.41, 5.74) is 8.75. The van der Waals surface area contributed by atoms with Gasteiger partial charge in [0.2, 0.25) is 5.91 Å². The van der Waals surface area contributed by atoms with E-state index < -0.39 is 12.0 Å². The van der Waals surface area contributed by atoms with Crippen molar-refractivity contribution in [2.45, 2.75) is 38.7 Å². The average molecular weight is 338 g/mol. The Morgan fingerprint density at radius 2 is 1.80 bits per heavy atom. The van der Waals surface area contributed by atoms with Crippen molar-refractivity contribution in [3.05, 3.63) is 59.2 Å². The lowest BCUT2D eigenvalue weighted by Crippen LogP contribution is -2.30. The van der Waals surface area contributed by atoms with Gasteiger partial charge in [-0.15, -0.1) is 0 Å². The van der Waals surface area contributed by atoms with Crippen molar-refractivity contribution in [3.8, 4) is 5.75 Å². The number of hydrogen-bond donors (Lipinski definition) is 2. The smallest absolute Gasteiger partial charge is 0.265 e. The number of fused-ring (bicyclic) bond motifs is 1. The maximum absolute atomic E-state index is 12.4. The highest BCUT2D eigenvalue weighted by Crippen LogP contribution is 2.30. The standard InChI is InChI=1S/C20H22N2O3/c1-13(20(24)22-16-11-9-15(10-12-16)19(21)23)25-18-8-4-6-14-5-2-3-7-17(14)18/h4,6,8-13H,2-3,5,7H2,1H3,(H2,21,23)(H,22,24)/t13-/m0/s1. The first-order valence-electron chi connectivity index (χ1n) is 8.53. The van der Waals surface area contributed by atoms with Crippen LogP contribution in [-0.2, 0) is 17.6 Å². The minimum Gasteiger partial charge on any atom is -0.481 e. The molecule has 0 saturated carbocycles. The maximum atomic E-state index is 12.4. The molecular weight excluding hydrogens is 316 g/mol. The van der Waals surface area contributed by atoms with Crippen molar-refractivity contribution < 1.29 is 14.3 Å². The molecule has 0 bridgehead atoms. The normalized spacial score (nSPS) is 14.3. The summed E-state index contributed by atoms with van der Waals surface area (Å²) in [4.78, 5) is 23.5. The third-order valence-corrected chi connectivity index (χ3v) is 4.46. The van der Waals surface area contributed by atoms with Gasteiger partial charge in [-0.1, -0.05) is 12.1 Å². The first-order valence-corrected chi connectivity index (χ1v) is 8.53. The highest BCUT2D eigenvalue weighted by molar-refractivity contribution is 5.96. The lowest BCUT2D eigenvalue weighted by Gasteiger charge is -2.22. The third kappa shape index (κ3) is 3.99. The Bertz CT molecular complexity index is 784. The van der Waals surface area contributed by atoms with Gasteiger partial charge in [-0.05, 0) is 74.1 Å². The number of hydrogen-bond acceptors (Lipinski definition) is 3. The van der Waals surface area contributed by atoms with E-state index in [1.165, 1.54) is 17.5 Å². The van der Waals surface area contributed by atoms with Gasteiger partial charge < -0.3 is 15.8 Å². The molecule has 5 nitrogen and oxygen atoms in total. The lowest BCUT2D eigenvalue weighted by atomic mass is 9.91. The SMILES string of the molecule is C[C@H](Oc1cccc2c1CCCC2)C(=O)Nc1ccc(C(N)=O)cc1. The Morgan fingerprint density at radius 1 is 1.08 bits per heavy atom. The van der Waals surface area contributed by atoms with Crippen LogP contribution in [0.2, 0.25) is 0 Å². The van der Waals surface area contributed by atoms with E-state index in [1.54, 1.807) is 31.2 Å². The van der Waals surface area contributed by atoms with Gasteiger partial charge in [-0.3, -0.25) is 9.59 Å². The van der Waals surface area contributed by atoms with E-state index in [4.69, 9.17) is 10.5 Å². The highest BCUT2D eigenvalue weighted by atomic mass is 16.5. The summed E-state index contributed by atoms with van der Waals surface area (Å²) in [7, 11) is 0. The monoisotopic (exact) mass is 338 g/mol. The van der Waals surface area contributed by atoms with Crippen molar-refractivity contribution >= 4 is 17.5 Å². The summed E-state index contributed by atoms with van der Waals surface area (Å²) in [5, 5.41) is 2.79. The molecule has 0 aliphatic heterocycles. The summed E-state index contributed by atoms with van der Waals surface area (Å²) >= 11 is 0. The molecule has 0 saturated heterocycles. The van der Waals surface area contributed by atoms with E-state index >= 15 is 0 Å². The van der Waals surface area contributed by atoms with Gasteiger partial charge in [0.25, 0.3) is 5.91 Å². The number of carbonyl (C=O) groups is 2. The molecule has 2 aromatic rings. The second kappa shape index (κ2) is 7.38. The van der Waals surface area contributed by atoms with Crippen LogP contribution in [0.15, 0.2) is 42.5 Å². The molecule has 3 N–H and O–H groups in total. The van der Waals surface area contributed by atoms with Gasteiger partial charge in [0.15, 0.2) is 6.10 Å². The van der Waals surface area contributed by atoms with E-state index in [0.29, 0.717) is 11.3 Å². The summed E-state index contributed by atoms with van der Waals surface area (Å²) in [5.74, 6) is 0.0626. The van der Waals surface area contributed by atoms with Gasteiger partial charge in [0.1, 0.15) is 5.75 Å². The molecule has 2 aromatic carbocycles. The largest absolute Gasteiger partial charge is 0.481 e. The molecule has 1 atom stereocenters. The fourth-order valence-corrected chi connectivity index (χ4v) is 3.06. The molecule has 0 fully saturated rings. The Hall–Kier alpha value is -2.82. The van der Waals surface area contributed by atoms with Crippen molar-refractivity contribution in [1.82, 2.24) is 0 Å². The zero-order chi connectivity index (χ0) is 17.8. The van der Waals surface area contributed by atoms with Gasteiger partial charge in [-0.2, -0.15) is 0 Å². The number of aryl methyl sites for hydroxylation is 1. The van der Waals surface area contributed by atoms with Crippen LogP contribution in [0.4, 0.5) is 5.69 Å². The minimum atomic E-state index is -0.621. The molecular formula is C20H22N2O3. The number of carbonyl (C=O) groups excluding carboxylic acids is 2. The first-order chi connectivity index (χ1) is 12.0. The quantitative estimate of drug-likeness (QED) is 0.879. The average Bonchev–Trinajstić information content (AvgIpc) is 2.62. The number of primary amides is 1. The van der Waals surface area contributed by atoms with Gasteiger partial charge >= 0.3 is 0 Å².